The van der Waals surface area contributed by atoms with E-state index >= 15 is 0 Å². The predicted molar refractivity (Wildman–Crippen MR) is 116 cm³/mol. The normalized spacial score (nSPS) is 12.2. The summed E-state index contributed by atoms with van der Waals surface area (Å²) in [6.07, 6.45) is 0.818. The summed E-state index contributed by atoms with van der Waals surface area (Å²) in [6.45, 7) is 7.89. The van der Waals surface area contributed by atoms with E-state index in [1.807, 2.05) is 19.2 Å². The molecule has 2 aromatic rings. The molecule has 0 aliphatic heterocycles. The van der Waals surface area contributed by atoms with Crippen LogP contribution in [0.1, 0.15) is 31.5 Å². The highest BCUT2D eigenvalue weighted by molar-refractivity contribution is 14.0. The molecule has 0 spiro atoms. The molecule has 26 heavy (non-hydrogen) atoms. The molecule has 0 amide bonds. The van der Waals surface area contributed by atoms with Crippen LogP contribution in [0, 0.1) is 5.82 Å². The molecule has 1 unspecified atom stereocenters. The van der Waals surface area contributed by atoms with Crippen molar-refractivity contribution in [2.45, 2.75) is 39.8 Å². The molecule has 5 nitrogen and oxygen atoms in total. The van der Waals surface area contributed by atoms with Gasteiger partial charge < -0.3 is 15.4 Å². The van der Waals surface area contributed by atoms with Gasteiger partial charge >= 0.3 is 0 Å². The molecule has 1 atom stereocenters. The second-order valence-corrected chi connectivity index (χ2v) is 6.49. The Labute approximate surface area is 175 Å². The highest BCUT2D eigenvalue weighted by Gasteiger charge is 2.07. The molecule has 0 radical (unpaired) electrons. The van der Waals surface area contributed by atoms with Gasteiger partial charge in [-0.1, -0.05) is 13.0 Å². The Balaban J connectivity index is 0.00000338. The van der Waals surface area contributed by atoms with E-state index in [2.05, 4.69) is 27.5 Å². The number of aryl methyl sites for hydroxylation is 1. The van der Waals surface area contributed by atoms with Gasteiger partial charge in [-0.3, -0.25) is 0 Å². The summed E-state index contributed by atoms with van der Waals surface area (Å²) in [7, 11) is 0. The number of ether oxygens (including phenoxy) is 1. The van der Waals surface area contributed by atoms with Crippen LogP contribution in [0.4, 0.5) is 4.39 Å². The van der Waals surface area contributed by atoms with Crippen molar-refractivity contribution in [3.05, 3.63) is 46.2 Å². The van der Waals surface area contributed by atoms with E-state index in [-0.39, 0.29) is 35.9 Å². The summed E-state index contributed by atoms with van der Waals surface area (Å²) in [5.74, 6) is 0.927. The molecule has 1 aromatic heterocycles. The molecule has 2 rings (SSSR count). The van der Waals surface area contributed by atoms with Gasteiger partial charge in [0.1, 0.15) is 17.7 Å². The Kier molecular flexibility index (Phi) is 10.5. The predicted octanol–water partition coefficient (Wildman–Crippen LogP) is 3.99. The van der Waals surface area contributed by atoms with E-state index in [1.54, 1.807) is 23.5 Å². The monoisotopic (exact) mass is 492 g/mol. The van der Waals surface area contributed by atoms with Crippen LogP contribution in [0.3, 0.4) is 0 Å². The third kappa shape index (κ3) is 7.86. The second-order valence-electron chi connectivity index (χ2n) is 5.55. The van der Waals surface area contributed by atoms with Crippen molar-refractivity contribution in [3.63, 3.8) is 0 Å². The van der Waals surface area contributed by atoms with Crippen molar-refractivity contribution in [3.8, 4) is 5.75 Å². The second kappa shape index (κ2) is 12.1. The number of aliphatic imine (C=N–C) groups is 1. The van der Waals surface area contributed by atoms with Gasteiger partial charge in [-0.2, -0.15) is 0 Å². The summed E-state index contributed by atoms with van der Waals surface area (Å²) in [4.78, 5) is 9.06. The van der Waals surface area contributed by atoms with E-state index in [0.29, 0.717) is 24.8 Å². The summed E-state index contributed by atoms with van der Waals surface area (Å²) < 4.78 is 18.9. The lowest BCUT2D eigenvalue weighted by atomic mass is 10.3. The molecule has 0 aliphatic rings. The number of hydrogen-bond acceptors (Lipinski definition) is 4. The van der Waals surface area contributed by atoms with E-state index in [4.69, 9.17) is 4.74 Å². The van der Waals surface area contributed by atoms with Gasteiger partial charge in [0.2, 0.25) is 0 Å². The van der Waals surface area contributed by atoms with Crippen molar-refractivity contribution in [2.75, 3.05) is 13.1 Å². The minimum Gasteiger partial charge on any atom is -0.489 e. The third-order valence-electron chi connectivity index (χ3n) is 3.34. The topological polar surface area (TPSA) is 58.5 Å². The number of rotatable bonds is 8. The first-order valence-electron chi connectivity index (χ1n) is 8.48. The molecule has 1 heterocycles. The van der Waals surface area contributed by atoms with Crippen molar-refractivity contribution in [1.82, 2.24) is 15.6 Å². The first-order valence-corrected chi connectivity index (χ1v) is 9.36. The largest absolute Gasteiger partial charge is 0.489 e. The first kappa shape index (κ1) is 22.6. The lowest BCUT2D eigenvalue weighted by molar-refractivity contribution is 0.223. The Morgan fingerprint density at radius 3 is 2.81 bits per heavy atom. The van der Waals surface area contributed by atoms with Gasteiger partial charge in [0.25, 0.3) is 0 Å². The number of nitrogens with one attached hydrogen (secondary N) is 2. The molecule has 0 aliphatic carbocycles. The Bertz CT molecular complexity index is 695. The van der Waals surface area contributed by atoms with Gasteiger partial charge in [-0.05, 0) is 32.4 Å². The van der Waals surface area contributed by atoms with Gasteiger partial charge in [-0.25, -0.2) is 14.4 Å². The minimum atomic E-state index is -0.303. The number of hydrogen-bond donors (Lipinski definition) is 2. The Hall–Kier alpha value is -1.42. The maximum atomic E-state index is 13.2. The fourth-order valence-electron chi connectivity index (χ4n) is 2.14. The van der Waals surface area contributed by atoms with Crippen molar-refractivity contribution in [2.24, 2.45) is 4.99 Å². The van der Waals surface area contributed by atoms with Crippen LogP contribution in [0.15, 0.2) is 34.6 Å². The van der Waals surface area contributed by atoms with E-state index in [1.165, 1.54) is 12.1 Å². The zero-order chi connectivity index (χ0) is 18.1. The molecule has 0 bridgehead atoms. The fraction of sp³-hybridized carbons (Fsp3) is 0.444. The zero-order valence-electron chi connectivity index (χ0n) is 15.3. The van der Waals surface area contributed by atoms with Gasteiger partial charge in [0.05, 0.1) is 23.8 Å². The van der Waals surface area contributed by atoms with Crippen LogP contribution in [0.25, 0.3) is 0 Å². The van der Waals surface area contributed by atoms with Gasteiger partial charge in [-0.15, -0.1) is 35.3 Å². The lowest BCUT2D eigenvalue weighted by Gasteiger charge is -2.17. The standard InChI is InChI=1S/C18H25FN4OS.HI/c1-4-17-23-15(12-25-17)11-22-18(20-5-2)21-10-13(3)24-16-8-6-7-14(19)9-16;/h6-9,12-13H,4-5,10-11H2,1-3H3,(H2,20,21,22);1H. The third-order valence-corrected chi connectivity index (χ3v) is 4.38. The highest BCUT2D eigenvalue weighted by Crippen LogP contribution is 2.13. The maximum absolute atomic E-state index is 13.2. The van der Waals surface area contributed by atoms with Crippen LogP contribution < -0.4 is 15.4 Å². The lowest BCUT2D eigenvalue weighted by Crippen LogP contribution is -2.41. The number of benzene rings is 1. The number of nitrogens with zero attached hydrogens (tertiary/aromatic N) is 2. The molecule has 144 valence electrons. The number of aromatic nitrogens is 1. The first-order chi connectivity index (χ1) is 12.1. The van der Waals surface area contributed by atoms with Crippen LogP contribution >= 0.6 is 35.3 Å². The molecule has 0 saturated heterocycles. The molecule has 0 saturated carbocycles. The molecule has 8 heteroatoms. The summed E-state index contributed by atoms with van der Waals surface area (Å²) in [5, 5.41) is 9.61. The van der Waals surface area contributed by atoms with Crippen molar-refractivity contribution >= 4 is 41.3 Å². The van der Waals surface area contributed by atoms with E-state index in [9.17, 15) is 4.39 Å². The zero-order valence-corrected chi connectivity index (χ0v) is 18.4. The Morgan fingerprint density at radius 2 is 2.15 bits per heavy atom. The van der Waals surface area contributed by atoms with Crippen molar-refractivity contribution in [1.29, 1.82) is 0 Å². The number of thiazole rings is 1. The van der Waals surface area contributed by atoms with Crippen LogP contribution in [-0.4, -0.2) is 30.1 Å². The number of guanidine groups is 1. The Morgan fingerprint density at radius 1 is 1.35 bits per heavy atom. The minimum absolute atomic E-state index is 0. The quantitative estimate of drug-likeness (QED) is 0.333. The average molecular weight is 492 g/mol. The van der Waals surface area contributed by atoms with E-state index in [0.717, 1.165) is 23.7 Å². The highest BCUT2D eigenvalue weighted by atomic mass is 127. The van der Waals surface area contributed by atoms with Crippen LogP contribution in [0.5, 0.6) is 5.75 Å². The molecule has 1 aromatic carbocycles. The molecular weight excluding hydrogens is 466 g/mol. The van der Waals surface area contributed by atoms with Crippen LogP contribution in [0.2, 0.25) is 0 Å². The van der Waals surface area contributed by atoms with E-state index < -0.39 is 0 Å². The molecule has 0 fully saturated rings. The number of halogens is 2. The molecule has 2 N–H and O–H groups in total. The summed E-state index contributed by atoms with van der Waals surface area (Å²) >= 11 is 1.66. The SMILES string of the molecule is CCNC(=NCc1csc(CC)n1)NCC(C)Oc1cccc(F)c1.I. The smallest absolute Gasteiger partial charge is 0.191 e. The van der Waals surface area contributed by atoms with Crippen molar-refractivity contribution < 1.29 is 9.13 Å². The van der Waals surface area contributed by atoms with Gasteiger partial charge in [0, 0.05) is 18.0 Å². The van der Waals surface area contributed by atoms with Crippen LogP contribution in [-0.2, 0) is 13.0 Å². The van der Waals surface area contributed by atoms with Gasteiger partial charge in [0.15, 0.2) is 5.96 Å². The average Bonchev–Trinajstić information content (AvgIpc) is 3.05. The fourth-order valence-corrected chi connectivity index (χ4v) is 2.88. The molecular formula is C18H26FIN4OS. The summed E-state index contributed by atoms with van der Waals surface area (Å²) in [5.41, 5.74) is 0.975. The maximum Gasteiger partial charge on any atom is 0.191 e. The summed E-state index contributed by atoms with van der Waals surface area (Å²) in [6, 6.07) is 6.15.